The molecule has 25 heavy (non-hydrogen) atoms. The Hall–Kier alpha value is -0.890. The van der Waals surface area contributed by atoms with Crippen LogP contribution in [0.1, 0.15) is 24.4 Å². The van der Waals surface area contributed by atoms with Crippen molar-refractivity contribution >= 4 is 24.8 Å². The molecule has 1 aromatic rings. The number of halogens is 5. The smallest absolute Gasteiger partial charge is 0.389 e. The van der Waals surface area contributed by atoms with Crippen molar-refractivity contribution < 1.29 is 22.6 Å². The average molecular weight is 405 g/mol. The molecule has 0 aromatic heterocycles. The van der Waals surface area contributed by atoms with Crippen LogP contribution in [0.4, 0.5) is 13.2 Å². The van der Waals surface area contributed by atoms with Crippen LogP contribution in [0.25, 0.3) is 0 Å². The van der Waals surface area contributed by atoms with Gasteiger partial charge in [-0.2, -0.15) is 13.2 Å². The summed E-state index contributed by atoms with van der Waals surface area (Å²) in [5.74, 6) is 1.21. The second-order valence-corrected chi connectivity index (χ2v) is 5.56. The van der Waals surface area contributed by atoms with Crippen LogP contribution in [-0.2, 0) is 0 Å². The lowest BCUT2D eigenvalue weighted by atomic mass is 9.98. The van der Waals surface area contributed by atoms with Crippen molar-refractivity contribution in [2.24, 2.45) is 0 Å². The molecule has 9 heteroatoms. The van der Waals surface area contributed by atoms with Gasteiger partial charge in [-0.25, -0.2) is 0 Å². The summed E-state index contributed by atoms with van der Waals surface area (Å²) in [4.78, 5) is 2.08. The Bertz CT molecular complexity index is 513. The lowest BCUT2D eigenvalue weighted by molar-refractivity contribution is -0.138. The van der Waals surface area contributed by atoms with Crippen molar-refractivity contribution in [1.82, 2.24) is 10.2 Å². The summed E-state index contributed by atoms with van der Waals surface area (Å²) in [7, 11) is 3.07. The number of piperazine rings is 1. The van der Waals surface area contributed by atoms with Gasteiger partial charge in [0.2, 0.25) is 0 Å². The molecule has 1 aliphatic rings. The minimum Gasteiger partial charge on any atom is -0.497 e. The van der Waals surface area contributed by atoms with Gasteiger partial charge < -0.3 is 14.8 Å². The van der Waals surface area contributed by atoms with E-state index < -0.39 is 12.6 Å². The predicted octanol–water partition coefficient (Wildman–Crippen LogP) is 3.84. The number of methoxy groups -OCH3 is 2. The Balaban J connectivity index is 0.00000288. The SMILES string of the molecule is COc1ccc(OC)c([C@H](CCC(F)(F)F)N2CCNCC2)c1.Cl.Cl. The largest absolute Gasteiger partial charge is 0.497 e. The van der Waals surface area contributed by atoms with Crippen LogP contribution >= 0.6 is 24.8 Å². The molecule has 0 bridgehead atoms. The van der Waals surface area contributed by atoms with Crippen LogP contribution in [0.5, 0.6) is 11.5 Å². The number of benzene rings is 1. The number of hydrogen-bond acceptors (Lipinski definition) is 4. The molecule has 1 fully saturated rings. The van der Waals surface area contributed by atoms with Gasteiger partial charge in [0.15, 0.2) is 0 Å². The number of rotatable bonds is 6. The first-order chi connectivity index (χ1) is 10.9. The van der Waals surface area contributed by atoms with Crippen LogP contribution in [0.3, 0.4) is 0 Å². The molecule has 1 aliphatic heterocycles. The molecular formula is C16H25Cl2F3N2O2. The Labute approximate surface area is 158 Å². The van der Waals surface area contributed by atoms with Gasteiger partial charge in [-0.3, -0.25) is 4.90 Å². The van der Waals surface area contributed by atoms with E-state index in [1.807, 2.05) is 0 Å². The van der Waals surface area contributed by atoms with Crippen LogP contribution in [-0.4, -0.2) is 51.5 Å². The van der Waals surface area contributed by atoms with Crippen molar-refractivity contribution in [2.75, 3.05) is 40.4 Å². The highest BCUT2D eigenvalue weighted by molar-refractivity contribution is 5.85. The number of nitrogens with one attached hydrogen (secondary N) is 1. The van der Waals surface area contributed by atoms with E-state index in [1.54, 1.807) is 25.3 Å². The Morgan fingerprint density at radius 3 is 2.28 bits per heavy atom. The average Bonchev–Trinajstić information content (AvgIpc) is 2.55. The first-order valence-electron chi connectivity index (χ1n) is 7.68. The molecule has 1 heterocycles. The highest BCUT2D eigenvalue weighted by Gasteiger charge is 2.32. The van der Waals surface area contributed by atoms with E-state index in [9.17, 15) is 13.2 Å². The molecule has 1 aromatic carbocycles. The first kappa shape index (κ1) is 24.1. The van der Waals surface area contributed by atoms with Gasteiger partial charge in [-0.05, 0) is 24.6 Å². The fourth-order valence-electron chi connectivity index (χ4n) is 2.93. The van der Waals surface area contributed by atoms with E-state index in [0.29, 0.717) is 24.6 Å². The van der Waals surface area contributed by atoms with Gasteiger partial charge in [0.1, 0.15) is 11.5 Å². The predicted molar refractivity (Wildman–Crippen MR) is 96.5 cm³/mol. The normalized spacial score (nSPS) is 16.4. The van der Waals surface area contributed by atoms with Crippen molar-refractivity contribution in [3.05, 3.63) is 23.8 Å². The molecule has 0 amide bonds. The van der Waals surface area contributed by atoms with E-state index in [4.69, 9.17) is 9.47 Å². The van der Waals surface area contributed by atoms with Crippen molar-refractivity contribution in [3.63, 3.8) is 0 Å². The summed E-state index contributed by atoms with van der Waals surface area (Å²) in [6, 6.07) is 4.93. The Morgan fingerprint density at radius 1 is 1.12 bits per heavy atom. The molecule has 0 aliphatic carbocycles. The quantitative estimate of drug-likeness (QED) is 0.780. The van der Waals surface area contributed by atoms with Crippen LogP contribution in [0.2, 0.25) is 0 Å². The van der Waals surface area contributed by atoms with Gasteiger partial charge in [0.05, 0.1) is 14.2 Å². The molecule has 0 radical (unpaired) electrons. The molecule has 4 nitrogen and oxygen atoms in total. The lowest BCUT2D eigenvalue weighted by Crippen LogP contribution is -2.45. The molecule has 1 saturated heterocycles. The fourth-order valence-corrected chi connectivity index (χ4v) is 2.93. The van der Waals surface area contributed by atoms with Gasteiger partial charge in [-0.15, -0.1) is 24.8 Å². The molecule has 1 atom stereocenters. The van der Waals surface area contributed by atoms with Crippen molar-refractivity contribution in [2.45, 2.75) is 25.1 Å². The maximum absolute atomic E-state index is 12.7. The lowest BCUT2D eigenvalue weighted by Gasteiger charge is -2.36. The summed E-state index contributed by atoms with van der Waals surface area (Å²) >= 11 is 0. The Morgan fingerprint density at radius 2 is 1.76 bits per heavy atom. The zero-order valence-corrected chi connectivity index (χ0v) is 15.9. The van der Waals surface area contributed by atoms with Crippen molar-refractivity contribution in [1.29, 1.82) is 0 Å². The van der Waals surface area contributed by atoms with Crippen molar-refractivity contribution in [3.8, 4) is 11.5 Å². The molecule has 1 N–H and O–H groups in total. The van der Waals surface area contributed by atoms with E-state index in [-0.39, 0.29) is 37.3 Å². The zero-order valence-electron chi connectivity index (χ0n) is 14.3. The second-order valence-electron chi connectivity index (χ2n) is 5.56. The molecule has 2 rings (SSSR count). The van der Waals surface area contributed by atoms with Crippen LogP contribution in [0, 0.1) is 0 Å². The molecule has 0 spiro atoms. The van der Waals surface area contributed by atoms with Crippen LogP contribution < -0.4 is 14.8 Å². The van der Waals surface area contributed by atoms with Gasteiger partial charge in [-0.1, -0.05) is 0 Å². The maximum Gasteiger partial charge on any atom is 0.389 e. The molecule has 0 unspecified atom stereocenters. The van der Waals surface area contributed by atoms with Gasteiger partial charge in [0, 0.05) is 44.2 Å². The van der Waals surface area contributed by atoms with Gasteiger partial charge in [0.25, 0.3) is 0 Å². The second kappa shape index (κ2) is 11.0. The first-order valence-corrected chi connectivity index (χ1v) is 7.68. The third-order valence-electron chi connectivity index (χ3n) is 4.09. The number of alkyl halides is 3. The summed E-state index contributed by atoms with van der Waals surface area (Å²) in [5.41, 5.74) is 0.748. The standard InChI is InChI=1S/C16H23F3N2O2.2ClH/c1-22-12-3-4-15(23-2)13(11-12)14(5-6-16(17,18)19)21-9-7-20-8-10-21;;/h3-4,11,14,20H,5-10H2,1-2H3;2*1H/t14-;;/m0../s1. The Kier molecular flexibility index (Phi) is 10.6. The number of nitrogens with zero attached hydrogens (tertiary/aromatic N) is 1. The summed E-state index contributed by atoms with van der Waals surface area (Å²) in [6.45, 7) is 2.97. The third kappa shape index (κ3) is 7.09. The number of ether oxygens (including phenoxy) is 2. The van der Waals surface area contributed by atoms with E-state index in [1.165, 1.54) is 7.11 Å². The van der Waals surface area contributed by atoms with E-state index in [2.05, 4.69) is 10.2 Å². The maximum atomic E-state index is 12.7. The highest BCUT2D eigenvalue weighted by atomic mass is 35.5. The highest BCUT2D eigenvalue weighted by Crippen LogP contribution is 2.37. The fraction of sp³-hybridized carbons (Fsp3) is 0.625. The van der Waals surface area contributed by atoms with E-state index in [0.717, 1.165) is 18.7 Å². The number of hydrogen-bond donors (Lipinski definition) is 1. The summed E-state index contributed by atoms with van der Waals surface area (Å²) in [6.07, 6.45) is -4.98. The van der Waals surface area contributed by atoms with Crippen LogP contribution in [0.15, 0.2) is 18.2 Å². The van der Waals surface area contributed by atoms with E-state index >= 15 is 0 Å². The topological polar surface area (TPSA) is 33.7 Å². The monoisotopic (exact) mass is 404 g/mol. The molecular weight excluding hydrogens is 380 g/mol. The minimum atomic E-state index is -4.17. The van der Waals surface area contributed by atoms with Gasteiger partial charge >= 0.3 is 6.18 Å². The summed E-state index contributed by atoms with van der Waals surface area (Å²) < 4.78 is 48.8. The molecule has 0 saturated carbocycles. The molecule has 146 valence electrons. The zero-order chi connectivity index (χ0) is 16.9. The minimum absolute atomic E-state index is 0. The third-order valence-corrected chi connectivity index (χ3v) is 4.09. The summed E-state index contributed by atoms with van der Waals surface area (Å²) in [5, 5.41) is 3.22.